The number of nitrogens with two attached hydrogens (primary N) is 1. The highest BCUT2D eigenvalue weighted by atomic mass is 16.2. The van der Waals surface area contributed by atoms with E-state index < -0.39 is 5.41 Å². The van der Waals surface area contributed by atoms with E-state index in [9.17, 15) is 9.59 Å². The topological polar surface area (TPSA) is 84.2 Å². The Hall–Kier alpha value is -2.04. The maximum atomic E-state index is 12.2. The molecule has 24 heavy (non-hydrogen) atoms. The molecular weight excluding hydrogens is 302 g/mol. The summed E-state index contributed by atoms with van der Waals surface area (Å²) >= 11 is 0. The second-order valence-electron chi connectivity index (χ2n) is 7.58. The number of nitrogens with one attached hydrogen (secondary N) is 2. The molecule has 0 aromatic heterocycles. The van der Waals surface area contributed by atoms with Gasteiger partial charge in [-0.05, 0) is 48.9 Å². The van der Waals surface area contributed by atoms with Gasteiger partial charge in [0.05, 0.1) is 6.04 Å². The molecule has 0 bridgehead atoms. The van der Waals surface area contributed by atoms with Crippen LogP contribution in [-0.4, -0.2) is 18.4 Å². The SMILES string of the molecule is CC(C)(C)C(=O)NCCCC(=O)NC1CCCc2cc(N)ccc21. The summed E-state index contributed by atoms with van der Waals surface area (Å²) in [7, 11) is 0. The van der Waals surface area contributed by atoms with Crippen molar-refractivity contribution in [1.82, 2.24) is 10.6 Å². The van der Waals surface area contributed by atoms with Crippen LogP contribution in [0.3, 0.4) is 0 Å². The Morgan fingerprint density at radius 1 is 1.29 bits per heavy atom. The van der Waals surface area contributed by atoms with Crippen LogP contribution in [0.1, 0.15) is 63.6 Å². The summed E-state index contributed by atoms with van der Waals surface area (Å²) in [4.78, 5) is 24.0. The molecule has 4 N–H and O–H groups in total. The third kappa shape index (κ3) is 4.98. The maximum Gasteiger partial charge on any atom is 0.225 e. The molecule has 0 spiro atoms. The molecule has 1 aromatic carbocycles. The molecule has 1 aromatic rings. The number of fused-ring (bicyclic) bond motifs is 1. The third-order valence-electron chi connectivity index (χ3n) is 4.36. The van der Waals surface area contributed by atoms with E-state index in [-0.39, 0.29) is 17.9 Å². The molecule has 2 amide bonds. The molecule has 5 nitrogen and oxygen atoms in total. The van der Waals surface area contributed by atoms with Crippen molar-refractivity contribution in [3.05, 3.63) is 29.3 Å². The number of nitrogen functional groups attached to an aromatic ring is 1. The van der Waals surface area contributed by atoms with Crippen molar-refractivity contribution in [2.75, 3.05) is 12.3 Å². The van der Waals surface area contributed by atoms with Gasteiger partial charge in [-0.3, -0.25) is 9.59 Å². The number of aryl methyl sites for hydroxylation is 1. The molecular formula is C19H29N3O2. The molecule has 2 rings (SSSR count). The molecule has 132 valence electrons. The Kier molecular flexibility index (Phi) is 5.86. The predicted molar refractivity (Wildman–Crippen MR) is 96.4 cm³/mol. The Balaban J connectivity index is 1.79. The molecule has 1 unspecified atom stereocenters. The lowest BCUT2D eigenvalue weighted by Crippen LogP contribution is -2.36. The average molecular weight is 331 g/mol. The summed E-state index contributed by atoms with van der Waals surface area (Å²) in [6.07, 6.45) is 4.11. The quantitative estimate of drug-likeness (QED) is 0.573. The van der Waals surface area contributed by atoms with Gasteiger partial charge >= 0.3 is 0 Å². The Labute approximate surface area is 144 Å². The highest BCUT2D eigenvalue weighted by Crippen LogP contribution is 2.31. The van der Waals surface area contributed by atoms with Crippen LogP contribution in [0.2, 0.25) is 0 Å². The van der Waals surface area contributed by atoms with Crippen LogP contribution in [0.15, 0.2) is 18.2 Å². The summed E-state index contributed by atoms with van der Waals surface area (Å²) in [6, 6.07) is 6.00. The number of anilines is 1. The molecule has 0 saturated heterocycles. The Morgan fingerprint density at radius 3 is 2.75 bits per heavy atom. The van der Waals surface area contributed by atoms with Gasteiger partial charge in [-0.2, -0.15) is 0 Å². The van der Waals surface area contributed by atoms with Gasteiger partial charge in [0.1, 0.15) is 0 Å². The van der Waals surface area contributed by atoms with Gasteiger partial charge in [0, 0.05) is 24.1 Å². The van der Waals surface area contributed by atoms with Crippen LogP contribution in [0, 0.1) is 5.41 Å². The van der Waals surface area contributed by atoms with Crippen molar-refractivity contribution in [3.63, 3.8) is 0 Å². The molecule has 1 atom stereocenters. The van der Waals surface area contributed by atoms with Crippen molar-refractivity contribution in [3.8, 4) is 0 Å². The van der Waals surface area contributed by atoms with Gasteiger partial charge < -0.3 is 16.4 Å². The smallest absolute Gasteiger partial charge is 0.225 e. The maximum absolute atomic E-state index is 12.2. The number of amides is 2. The lowest BCUT2D eigenvalue weighted by atomic mass is 9.87. The van der Waals surface area contributed by atoms with Crippen LogP contribution >= 0.6 is 0 Å². The van der Waals surface area contributed by atoms with E-state index in [0.29, 0.717) is 19.4 Å². The van der Waals surface area contributed by atoms with E-state index in [4.69, 9.17) is 5.73 Å². The first-order chi connectivity index (χ1) is 11.3. The van der Waals surface area contributed by atoms with Crippen molar-refractivity contribution in [2.24, 2.45) is 5.41 Å². The lowest BCUT2D eigenvalue weighted by molar-refractivity contribution is -0.128. The van der Waals surface area contributed by atoms with Gasteiger partial charge in [0.15, 0.2) is 0 Å². The van der Waals surface area contributed by atoms with E-state index in [0.717, 1.165) is 24.9 Å². The van der Waals surface area contributed by atoms with Crippen LogP contribution < -0.4 is 16.4 Å². The van der Waals surface area contributed by atoms with Crippen molar-refractivity contribution in [1.29, 1.82) is 0 Å². The first kappa shape index (κ1) is 18.3. The predicted octanol–water partition coefficient (Wildman–Crippen LogP) is 2.70. The van der Waals surface area contributed by atoms with E-state index in [1.54, 1.807) is 0 Å². The number of rotatable bonds is 5. The summed E-state index contributed by atoms with van der Waals surface area (Å²) in [5.74, 6) is 0.0522. The monoisotopic (exact) mass is 331 g/mol. The Bertz CT molecular complexity index is 605. The van der Waals surface area contributed by atoms with Crippen molar-refractivity contribution < 1.29 is 9.59 Å². The van der Waals surface area contributed by atoms with Gasteiger partial charge in [-0.1, -0.05) is 26.8 Å². The van der Waals surface area contributed by atoms with Crippen molar-refractivity contribution >= 4 is 17.5 Å². The minimum atomic E-state index is -0.393. The normalized spacial score (nSPS) is 17.0. The molecule has 0 heterocycles. The van der Waals surface area contributed by atoms with Gasteiger partial charge in [0.25, 0.3) is 0 Å². The fourth-order valence-corrected chi connectivity index (χ4v) is 2.97. The second kappa shape index (κ2) is 7.69. The van der Waals surface area contributed by atoms with Gasteiger partial charge in [0.2, 0.25) is 11.8 Å². The second-order valence-corrected chi connectivity index (χ2v) is 7.58. The zero-order chi connectivity index (χ0) is 17.7. The fraction of sp³-hybridized carbons (Fsp3) is 0.579. The van der Waals surface area contributed by atoms with Gasteiger partial charge in [-0.15, -0.1) is 0 Å². The van der Waals surface area contributed by atoms with Gasteiger partial charge in [-0.25, -0.2) is 0 Å². The highest BCUT2D eigenvalue weighted by Gasteiger charge is 2.22. The molecule has 0 saturated carbocycles. The van der Waals surface area contributed by atoms with Crippen LogP contribution in [0.25, 0.3) is 0 Å². The largest absolute Gasteiger partial charge is 0.399 e. The number of benzene rings is 1. The summed E-state index contributed by atoms with van der Waals surface area (Å²) in [6.45, 7) is 6.16. The summed E-state index contributed by atoms with van der Waals surface area (Å²) in [5.41, 5.74) is 8.65. The fourth-order valence-electron chi connectivity index (χ4n) is 2.97. The lowest BCUT2D eigenvalue weighted by Gasteiger charge is -2.26. The molecule has 1 aliphatic carbocycles. The number of hydrogen-bond acceptors (Lipinski definition) is 3. The standard InChI is InChI=1S/C19H29N3O2/c1-19(2,3)18(24)21-11-5-8-17(23)22-16-7-4-6-13-12-14(20)9-10-15(13)16/h9-10,12,16H,4-8,11,20H2,1-3H3,(H,21,24)(H,22,23). The van der Waals surface area contributed by atoms with E-state index in [2.05, 4.69) is 10.6 Å². The number of carbonyl (C=O) groups excluding carboxylic acids is 2. The molecule has 0 fully saturated rings. The average Bonchev–Trinajstić information content (AvgIpc) is 2.50. The van der Waals surface area contributed by atoms with E-state index in [1.807, 2.05) is 39.0 Å². The van der Waals surface area contributed by atoms with Crippen molar-refractivity contribution in [2.45, 2.75) is 58.9 Å². The van der Waals surface area contributed by atoms with E-state index >= 15 is 0 Å². The minimum absolute atomic E-state index is 0.0155. The van der Waals surface area contributed by atoms with Crippen LogP contribution in [-0.2, 0) is 16.0 Å². The first-order valence-corrected chi connectivity index (χ1v) is 8.73. The van der Waals surface area contributed by atoms with E-state index in [1.165, 1.54) is 11.1 Å². The summed E-state index contributed by atoms with van der Waals surface area (Å²) in [5, 5.41) is 5.99. The zero-order valence-electron chi connectivity index (χ0n) is 14.9. The molecule has 0 aliphatic heterocycles. The van der Waals surface area contributed by atoms with Crippen LogP contribution in [0.4, 0.5) is 5.69 Å². The summed E-state index contributed by atoms with van der Waals surface area (Å²) < 4.78 is 0. The molecule has 1 aliphatic rings. The van der Waals surface area contributed by atoms with Crippen LogP contribution in [0.5, 0.6) is 0 Å². The highest BCUT2D eigenvalue weighted by molar-refractivity contribution is 5.81. The molecule has 0 radical (unpaired) electrons. The first-order valence-electron chi connectivity index (χ1n) is 8.73. The number of carbonyl (C=O) groups is 2. The number of hydrogen-bond donors (Lipinski definition) is 3. The Morgan fingerprint density at radius 2 is 2.04 bits per heavy atom. The third-order valence-corrected chi connectivity index (χ3v) is 4.36. The zero-order valence-corrected chi connectivity index (χ0v) is 14.9. The molecule has 5 heteroatoms. The minimum Gasteiger partial charge on any atom is -0.399 e.